The summed E-state index contributed by atoms with van der Waals surface area (Å²) in [5.41, 5.74) is 0.132. The molecule has 2 saturated heterocycles. The lowest BCUT2D eigenvalue weighted by molar-refractivity contribution is -0.383. The number of phenols is 2. The number of aromatic hydroxyl groups is 2. The molecule has 2 aromatic carbocycles. The molecule has 0 radical (unpaired) electrons. The number of esters is 2. The molecule has 8 N–H and O–H groups in total. The summed E-state index contributed by atoms with van der Waals surface area (Å²) in [4.78, 5) is 25.8. The van der Waals surface area contributed by atoms with Gasteiger partial charge in [-0.15, -0.1) is 0 Å². The minimum atomic E-state index is -2.54. The van der Waals surface area contributed by atoms with Crippen LogP contribution in [0, 0.1) is 0 Å². The minimum Gasteiger partial charge on any atom is -0.502 e. The zero-order chi connectivity index (χ0) is 37.6. The fraction of sp³-hybridized carbons (Fsp3) is 0.500. The molecule has 19 heteroatoms. The number of aliphatic hydroxyl groups excluding tert-OH is 6. The van der Waals surface area contributed by atoms with E-state index in [4.69, 9.17) is 42.6 Å². The van der Waals surface area contributed by atoms with Gasteiger partial charge in [0.05, 0.1) is 40.6 Å². The molecule has 2 heterocycles. The van der Waals surface area contributed by atoms with Gasteiger partial charge in [0.2, 0.25) is 17.3 Å². The van der Waals surface area contributed by atoms with Gasteiger partial charge in [-0.25, -0.2) is 9.59 Å². The predicted octanol–water partition coefficient (Wildman–Crippen LogP) is -1.82. The van der Waals surface area contributed by atoms with Crippen LogP contribution in [0.1, 0.15) is 15.9 Å². The van der Waals surface area contributed by atoms with Crippen LogP contribution in [0.15, 0.2) is 30.3 Å². The fourth-order valence-corrected chi connectivity index (χ4v) is 5.34. The van der Waals surface area contributed by atoms with Crippen LogP contribution in [-0.4, -0.2) is 156 Å². The van der Waals surface area contributed by atoms with Gasteiger partial charge in [-0.05, 0) is 35.9 Å². The van der Waals surface area contributed by atoms with Crippen LogP contribution in [0.4, 0.5) is 0 Å². The third-order valence-corrected chi connectivity index (χ3v) is 8.11. The molecular formula is C32H40O19. The molecule has 2 aliphatic heterocycles. The van der Waals surface area contributed by atoms with Gasteiger partial charge in [0.15, 0.2) is 35.4 Å². The number of hydrogen-bond acceptors (Lipinski definition) is 19. The number of benzene rings is 2. The summed E-state index contributed by atoms with van der Waals surface area (Å²) in [6.45, 7) is -2.73. The van der Waals surface area contributed by atoms with Crippen LogP contribution >= 0.6 is 0 Å². The van der Waals surface area contributed by atoms with Crippen molar-refractivity contribution in [3.05, 3.63) is 41.5 Å². The van der Waals surface area contributed by atoms with E-state index in [-0.39, 0.29) is 34.3 Å². The van der Waals surface area contributed by atoms with Crippen molar-refractivity contribution in [1.82, 2.24) is 0 Å². The Labute approximate surface area is 290 Å². The van der Waals surface area contributed by atoms with E-state index in [0.717, 1.165) is 18.2 Å². The van der Waals surface area contributed by atoms with Gasteiger partial charge in [0.25, 0.3) is 0 Å². The first-order chi connectivity index (χ1) is 24.3. The molecule has 4 rings (SSSR count). The van der Waals surface area contributed by atoms with Crippen LogP contribution in [0.5, 0.6) is 34.5 Å². The van der Waals surface area contributed by atoms with Gasteiger partial charge in [-0.1, -0.05) is 0 Å². The van der Waals surface area contributed by atoms with E-state index in [2.05, 4.69) is 0 Å². The van der Waals surface area contributed by atoms with Crippen molar-refractivity contribution in [2.24, 2.45) is 0 Å². The number of ether oxygens (including phenoxy) is 9. The number of rotatable bonds is 14. The van der Waals surface area contributed by atoms with Crippen LogP contribution in [-0.2, 0) is 28.5 Å². The molecule has 282 valence electrons. The van der Waals surface area contributed by atoms with E-state index in [1.165, 1.54) is 46.6 Å². The number of hydrogen-bond donors (Lipinski definition) is 8. The summed E-state index contributed by atoms with van der Waals surface area (Å²) >= 11 is 0. The molecule has 0 saturated carbocycles. The van der Waals surface area contributed by atoms with Crippen molar-refractivity contribution < 1.29 is 93.1 Å². The summed E-state index contributed by atoms with van der Waals surface area (Å²) in [6.07, 6.45) is -12.3. The topological polar surface area (TPSA) is 279 Å². The molecule has 0 aliphatic carbocycles. The number of methoxy groups -OCH3 is 4. The van der Waals surface area contributed by atoms with Gasteiger partial charge in [0.1, 0.15) is 49.8 Å². The summed E-state index contributed by atoms with van der Waals surface area (Å²) in [6, 6.07) is 5.02. The highest BCUT2D eigenvalue weighted by Gasteiger charge is 2.61. The van der Waals surface area contributed by atoms with E-state index < -0.39 is 92.3 Å². The van der Waals surface area contributed by atoms with Crippen LogP contribution < -0.4 is 18.9 Å². The molecule has 0 unspecified atom stereocenters. The standard InChI is InChI=1S/C32H40O19/c1-43-16-7-14(8-17(44-2)23(16)36)5-6-22(35)47-12-21-25(38)27(40)28(41)31(48-21)51-32(13-34)29(26(39)20(11-33)50-32)49-30(42)15-9-18(45-3)24(37)19(10-15)46-4/h5-10,20-21,25-29,31,33-34,36-41H,11-13H2,1-4H3/b6-5+/t20-,21-,25-,26-,27+,28-,29+,31-,32+/m1/s1. The second-order valence-corrected chi connectivity index (χ2v) is 11.2. The van der Waals surface area contributed by atoms with Crippen LogP contribution in [0.25, 0.3) is 6.08 Å². The summed E-state index contributed by atoms with van der Waals surface area (Å²) < 4.78 is 47.7. The van der Waals surface area contributed by atoms with E-state index in [1.807, 2.05) is 0 Å². The molecule has 0 aromatic heterocycles. The molecule has 0 bridgehead atoms. The highest BCUT2D eigenvalue weighted by molar-refractivity contribution is 5.91. The first-order valence-electron chi connectivity index (χ1n) is 15.2. The third-order valence-electron chi connectivity index (χ3n) is 8.11. The normalized spacial score (nSPS) is 29.1. The van der Waals surface area contributed by atoms with Crippen molar-refractivity contribution in [2.45, 2.75) is 54.8 Å². The SMILES string of the molecule is COc1cc(/C=C/C(=O)OC[C@H]2O[C@H](O[C@]3(CO)O[C@H](CO)[C@@H](O)[C@@H]3OC(=O)c3cc(OC)c(O)c(OC)c3)[C@H](O)[C@@H](O)[C@@H]2O)cc(OC)c1O. The molecule has 0 amide bonds. The van der Waals surface area contributed by atoms with Crippen molar-refractivity contribution in [1.29, 1.82) is 0 Å². The second-order valence-electron chi connectivity index (χ2n) is 11.2. The average molecular weight is 729 g/mol. The molecule has 19 nitrogen and oxygen atoms in total. The molecule has 9 atom stereocenters. The Morgan fingerprint density at radius 2 is 1.33 bits per heavy atom. The maximum atomic E-state index is 13.3. The molecule has 2 aliphatic rings. The number of aliphatic hydroxyl groups is 6. The first-order valence-corrected chi connectivity index (χ1v) is 15.2. The number of carbonyl (C=O) groups excluding carboxylic acids is 2. The van der Waals surface area contributed by atoms with E-state index in [1.54, 1.807) is 0 Å². The highest BCUT2D eigenvalue weighted by Crippen LogP contribution is 2.41. The summed E-state index contributed by atoms with van der Waals surface area (Å²) in [7, 11) is 5.07. The molecule has 2 fully saturated rings. The second kappa shape index (κ2) is 16.7. The van der Waals surface area contributed by atoms with Gasteiger partial charge in [-0.3, -0.25) is 0 Å². The van der Waals surface area contributed by atoms with Gasteiger partial charge < -0.3 is 83.5 Å². The Balaban J connectivity index is 1.51. The fourth-order valence-electron chi connectivity index (χ4n) is 5.34. The number of phenolic OH excluding ortho intramolecular Hbond substituents is 2. The van der Waals surface area contributed by atoms with Crippen molar-refractivity contribution in [3.8, 4) is 34.5 Å². The lowest BCUT2D eigenvalue weighted by Crippen LogP contribution is -2.63. The van der Waals surface area contributed by atoms with E-state index >= 15 is 0 Å². The van der Waals surface area contributed by atoms with Crippen LogP contribution in [0.3, 0.4) is 0 Å². The average Bonchev–Trinajstić information content (AvgIpc) is 3.40. The Hall–Kier alpha value is -4.44. The van der Waals surface area contributed by atoms with Gasteiger partial charge in [-0.2, -0.15) is 0 Å². The maximum absolute atomic E-state index is 13.3. The molecule has 51 heavy (non-hydrogen) atoms. The maximum Gasteiger partial charge on any atom is 0.338 e. The monoisotopic (exact) mass is 728 g/mol. The highest BCUT2D eigenvalue weighted by atomic mass is 16.8. The molecule has 0 spiro atoms. The third kappa shape index (κ3) is 8.22. The molecule has 2 aromatic rings. The van der Waals surface area contributed by atoms with E-state index in [0.29, 0.717) is 5.56 Å². The Morgan fingerprint density at radius 1 is 0.784 bits per heavy atom. The van der Waals surface area contributed by atoms with Crippen LogP contribution in [0.2, 0.25) is 0 Å². The van der Waals surface area contributed by atoms with Crippen molar-refractivity contribution in [2.75, 3.05) is 48.3 Å². The first kappa shape index (κ1) is 39.3. The minimum absolute atomic E-state index is 0.0715. The smallest absolute Gasteiger partial charge is 0.338 e. The Bertz CT molecular complexity index is 1510. The quantitative estimate of drug-likeness (QED) is 0.0785. The summed E-state index contributed by atoms with van der Waals surface area (Å²) in [5.74, 6) is -5.52. The Morgan fingerprint density at radius 3 is 1.84 bits per heavy atom. The lowest BCUT2D eigenvalue weighted by atomic mass is 9.98. The molecular weight excluding hydrogens is 688 g/mol. The largest absolute Gasteiger partial charge is 0.502 e. The van der Waals surface area contributed by atoms with E-state index in [9.17, 15) is 50.4 Å². The van der Waals surface area contributed by atoms with Crippen molar-refractivity contribution >= 4 is 18.0 Å². The summed E-state index contributed by atoms with van der Waals surface area (Å²) in [5, 5.41) is 83.4. The zero-order valence-electron chi connectivity index (χ0n) is 27.8. The Kier molecular flexibility index (Phi) is 12.9. The van der Waals surface area contributed by atoms with Gasteiger partial charge >= 0.3 is 11.9 Å². The number of carbonyl (C=O) groups is 2. The zero-order valence-corrected chi connectivity index (χ0v) is 27.8. The lowest BCUT2D eigenvalue weighted by Gasteiger charge is -2.43. The van der Waals surface area contributed by atoms with Gasteiger partial charge in [0, 0.05) is 6.08 Å². The van der Waals surface area contributed by atoms with Crippen molar-refractivity contribution in [3.63, 3.8) is 0 Å². The predicted molar refractivity (Wildman–Crippen MR) is 167 cm³/mol.